The summed E-state index contributed by atoms with van der Waals surface area (Å²) in [4.78, 5) is 18.2. The van der Waals surface area contributed by atoms with Gasteiger partial charge in [-0.05, 0) is 49.9 Å². The molecule has 1 aliphatic rings. The first-order valence-corrected chi connectivity index (χ1v) is 7.54. The number of rotatable bonds is 2. The Morgan fingerprint density at radius 2 is 2.14 bits per heavy atom. The molecule has 1 saturated heterocycles. The number of fused-ring (bicyclic) bond motifs is 1. The number of hydrogen-bond donors (Lipinski definition) is 2. The molecule has 1 aromatic carbocycles. The Morgan fingerprint density at radius 3 is 2.86 bits per heavy atom. The topological polar surface area (TPSA) is 79.5 Å². The monoisotopic (exact) mass is 299 g/mol. The number of carbonyl (C=O) groups is 1. The van der Waals surface area contributed by atoms with Crippen molar-refractivity contribution >= 4 is 22.6 Å². The van der Waals surface area contributed by atoms with Crippen LogP contribution in [0.5, 0.6) is 0 Å². The third-order valence-corrected chi connectivity index (χ3v) is 4.41. The molecule has 0 unspecified atom stereocenters. The number of amides is 1. The molecular weight excluding hydrogens is 278 g/mol. The SMILES string of the molecule is Cc1ccc2c(C)cc(N3CCC[C@](O)(C(N)=O)C3)nc2c1. The van der Waals surface area contributed by atoms with Gasteiger partial charge in [0.1, 0.15) is 5.82 Å². The predicted octanol–water partition coefficient (Wildman–Crippen LogP) is 1.67. The van der Waals surface area contributed by atoms with Gasteiger partial charge >= 0.3 is 0 Å². The molecule has 0 radical (unpaired) electrons. The summed E-state index contributed by atoms with van der Waals surface area (Å²) in [6, 6.07) is 8.20. The number of nitrogens with two attached hydrogens (primary N) is 1. The molecule has 1 aliphatic heterocycles. The van der Waals surface area contributed by atoms with E-state index < -0.39 is 11.5 Å². The van der Waals surface area contributed by atoms with Crippen molar-refractivity contribution in [1.82, 2.24) is 4.98 Å². The van der Waals surface area contributed by atoms with E-state index in [1.807, 2.05) is 24.8 Å². The summed E-state index contributed by atoms with van der Waals surface area (Å²) in [7, 11) is 0. The van der Waals surface area contributed by atoms with E-state index in [-0.39, 0.29) is 6.54 Å². The number of aryl methyl sites for hydroxylation is 2. The Balaban J connectivity index is 2.01. The lowest BCUT2D eigenvalue weighted by Gasteiger charge is -2.37. The van der Waals surface area contributed by atoms with Crippen molar-refractivity contribution in [3.63, 3.8) is 0 Å². The van der Waals surface area contributed by atoms with Crippen LogP contribution in [0.3, 0.4) is 0 Å². The molecule has 1 atom stereocenters. The average molecular weight is 299 g/mol. The van der Waals surface area contributed by atoms with Crippen molar-refractivity contribution < 1.29 is 9.90 Å². The van der Waals surface area contributed by atoms with Crippen molar-refractivity contribution in [1.29, 1.82) is 0 Å². The molecule has 0 aliphatic carbocycles. The van der Waals surface area contributed by atoms with Crippen LogP contribution in [0, 0.1) is 13.8 Å². The van der Waals surface area contributed by atoms with Gasteiger partial charge in [0.2, 0.25) is 0 Å². The van der Waals surface area contributed by atoms with Crippen molar-refractivity contribution in [2.24, 2.45) is 5.73 Å². The quantitative estimate of drug-likeness (QED) is 0.884. The second kappa shape index (κ2) is 5.25. The summed E-state index contributed by atoms with van der Waals surface area (Å²) in [5.74, 6) is 0.125. The minimum absolute atomic E-state index is 0.200. The lowest BCUT2D eigenvalue weighted by Crippen LogP contribution is -2.56. The molecule has 0 saturated carbocycles. The smallest absolute Gasteiger partial charge is 0.251 e. The van der Waals surface area contributed by atoms with Crippen LogP contribution in [-0.2, 0) is 4.79 Å². The number of benzene rings is 1. The molecule has 2 heterocycles. The van der Waals surface area contributed by atoms with E-state index in [0.29, 0.717) is 12.8 Å². The van der Waals surface area contributed by atoms with Crippen LogP contribution in [0.15, 0.2) is 24.3 Å². The van der Waals surface area contributed by atoms with Crippen LogP contribution in [-0.4, -0.2) is 34.7 Å². The van der Waals surface area contributed by atoms with E-state index in [1.54, 1.807) is 0 Å². The van der Waals surface area contributed by atoms with Crippen LogP contribution < -0.4 is 10.6 Å². The molecule has 3 N–H and O–H groups in total. The molecule has 1 fully saturated rings. The maximum absolute atomic E-state index is 11.5. The Labute approximate surface area is 129 Å². The van der Waals surface area contributed by atoms with Gasteiger partial charge in [-0.1, -0.05) is 12.1 Å². The highest BCUT2D eigenvalue weighted by Crippen LogP contribution is 2.28. The number of β-amino-alcohol motifs (C(OH)–C–C–N with tert-alkyl or cyclic N) is 1. The first kappa shape index (κ1) is 14.8. The van der Waals surface area contributed by atoms with Gasteiger partial charge in [-0.3, -0.25) is 4.79 Å². The summed E-state index contributed by atoms with van der Waals surface area (Å²) >= 11 is 0. The van der Waals surface area contributed by atoms with Crippen molar-refractivity contribution in [2.75, 3.05) is 18.0 Å². The second-order valence-electron chi connectivity index (χ2n) is 6.24. The number of piperidine rings is 1. The molecule has 5 nitrogen and oxygen atoms in total. The molecule has 2 aromatic rings. The van der Waals surface area contributed by atoms with E-state index in [4.69, 9.17) is 10.7 Å². The van der Waals surface area contributed by atoms with Gasteiger partial charge < -0.3 is 15.7 Å². The summed E-state index contributed by atoms with van der Waals surface area (Å²) in [6.45, 7) is 5.05. The summed E-state index contributed by atoms with van der Waals surface area (Å²) in [5, 5.41) is 11.5. The number of aromatic nitrogens is 1. The van der Waals surface area contributed by atoms with Gasteiger partial charge in [-0.15, -0.1) is 0 Å². The number of anilines is 1. The number of pyridine rings is 1. The van der Waals surface area contributed by atoms with Gasteiger partial charge in [0.05, 0.1) is 12.1 Å². The third-order valence-electron chi connectivity index (χ3n) is 4.41. The number of aliphatic hydroxyl groups is 1. The zero-order chi connectivity index (χ0) is 15.9. The Bertz CT molecular complexity index is 744. The average Bonchev–Trinajstić information content (AvgIpc) is 2.46. The fraction of sp³-hybridized carbons (Fsp3) is 0.412. The van der Waals surface area contributed by atoms with Gasteiger partial charge in [-0.2, -0.15) is 0 Å². The molecule has 1 amide bonds. The number of carbonyl (C=O) groups excluding carboxylic acids is 1. The van der Waals surface area contributed by atoms with Crippen molar-refractivity contribution in [3.05, 3.63) is 35.4 Å². The molecule has 0 spiro atoms. The van der Waals surface area contributed by atoms with Gasteiger partial charge in [0.25, 0.3) is 5.91 Å². The molecular formula is C17H21N3O2. The normalized spacial score (nSPS) is 22.0. The summed E-state index contributed by atoms with van der Waals surface area (Å²) in [6.07, 6.45) is 1.12. The van der Waals surface area contributed by atoms with E-state index in [2.05, 4.69) is 18.2 Å². The lowest BCUT2D eigenvalue weighted by molar-refractivity contribution is -0.137. The minimum Gasteiger partial charge on any atom is -0.378 e. The summed E-state index contributed by atoms with van der Waals surface area (Å²) in [5.41, 5.74) is 7.11. The number of nitrogens with zero attached hydrogens (tertiary/aromatic N) is 2. The standard InChI is InChI=1S/C17H21N3O2/c1-11-4-5-13-12(2)9-15(19-14(13)8-11)20-7-3-6-17(22,10-20)16(18)21/h4-5,8-9,22H,3,6-7,10H2,1-2H3,(H2,18,21)/t17-/m1/s1. The van der Waals surface area contributed by atoms with E-state index in [9.17, 15) is 9.90 Å². The molecule has 0 bridgehead atoms. The van der Waals surface area contributed by atoms with E-state index >= 15 is 0 Å². The maximum Gasteiger partial charge on any atom is 0.251 e. The minimum atomic E-state index is -1.46. The fourth-order valence-corrected chi connectivity index (χ4v) is 3.09. The Hall–Kier alpha value is -2.14. The Morgan fingerprint density at radius 1 is 1.36 bits per heavy atom. The summed E-state index contributed by atoms with van der Waals surface area (Å²) < 4.78 is 0. The molecule has 116 valence electrons. The van der Waals surface area contributed by atoms with Crippen LogP contribution >= 0.6 is 0 Å². The van der Waals surface area contributed by atoms with Crippen LogP contribution in [0.1, 0.15) is 24.0 Å². The molecule has 3 rings (SSSR count). The van der Waals surface area contributed by atoms with E-state index in [1.165, 1.54) is 0 Å². The largest absolute Gasteiger partial charge is 0.378 e. The van der Waals surface area contributed by atoms with Crippen LogP contribution in [0.2, 0.25) is 0 Å². The maximum atomic E-state index is 11.5. The first-order valence-electron chi connectivity index (χ1n) is 7.54. The highest BCUT2D eigenvalue weighted by molar-refractivity contribution is 5.86. The molecule has 1 aromatic heterocycles. The van der Waals surface area contributed by atoms with Gasteiger partial charge in [0.15, 0.2) is 5.60 Å². The second-order valence-corrected chi connectivity index (χ2v) is 6.24. The van der Waals surface area contributed by atoms with Crippen molar-refractivity contribution in [2.45, 2.75) is 32.3 Å². The lowest BCUT2D eigenvalue weighted by atomic mass is 9.92. The zero-order valence-electron chi connectivity index (χ0n) is 13.0. The number of hydrogen-bond acceptors (Lipinski definition) is 4. The highest BCUT2D eigenvalue weighted by Gasteiger charge is 2.39. The van der Waals surface area contributed by atoms with E-state index in [0.717, 1.165) is 34.4 Å². The predicted molar refractivity (Wildman–Crippen MR) is 86.8 cm³/mol. The fourth-order valence-electron chi connectivity index (χ4n) is 3.09. The third kappa shape index (κ3) is 2.52. The first-order chi connectivity index (χ1) is 10.4. The molecule has 5 heteroatoms. The zero-order valence-corrected chi connectivity index (χ0v) is 13.0. The van der Waals surface area contributed by atoms with Gasteiger partial charge in [-0.25, -0.2) is 4.98 Å². The molecule has 22 heavy (non-hydrogen) atoms. The van der Waals surface area contributed by atoms with Crippen LogP contribution in [0.4, 0.5) is 5.82 Å². The number of primary amides is 1. The van der Waals surface area contributed by atoms with Crippen molar-refractivity contribution in [3.8, 4) is 0 Å². The van der Waals surface area contributed by atoms with Gasteiger partial charge in [0, 0.05) is 11.9 Å². The van der Waals surface area contributed by atoms with Crippen LogP contribution in [0.25, 0.3) is 10.9 Å². The highest BCUT2D eigenvalue weighted by atomic mass is 16.3. The Kier molecular flexibility index (Phi) is 3.53.